The summed E-state index contributed by atoms with van der Waals surface area (Å²) >= 11 is 0. The molecule has 2 aromatic rings. The van der Waals surface area contributed by atoms with Gasteiger partial charge in [-0.2, -0.15) is 0 Å². The summed E-state index contributed by atoms with van der Waals surface area (Å²) in [5.74, 6) is 0.590. The number of furan rings is 1. The van der Waals surface area contributed by atoms with Crippen LogP contribution in [0.15, 0.2) is 28.7 Å². The van der Waals surface area contributed by atoms with Crippen molar-refractivity contribution in [1.29, 1.82) is 0 Å². The second-order valence-corrected chi connectivity index (χ2v) is 4.42. The van der Waals surface area contributed by atoms with Gasteiger partial charge in [0, 0.05) is 24.3 Å². The lowest BCUT2D eigenvalue weighted by atomic mass is 10.0. The summed E-state index contributed by atoms with van der Waals surface area (Å²) in [7, 11) is 1.61. The van der Waals surface area contributed by atoms with Gasteiger partial charge in [0.15, 0.2) is 0 Å². The molecule has 102 valence electrons. The van der Waals surface area contributed by atoms with Crippen LogP contribution >= 0.6 is 0 Å². The molecule has 3 N–H and O–H groups in total. The highest BCUT2D eigenvalue weighted by Gasteiger charge is 2.16. The van der Waals surface area contributed by atoms with Gasteiger partial charge in [-0.05, 0) is 30.7 Å². The van der Waals surface area contributed by atoms with E-state index >= 15 is 0 Å². The van der Waals surface area contributed by atoms with Gasteiger partial charge in [-0.3, -0.25) is 4.79 Å². The Hall–Kier alpha value is -2.01. The summed E-state index contributed by atoms with van der Waals surface area (Å²) < 4.78 is 10.9. The molecule has 2 rings (SSSR count). The lowest BCUT2D eigenvalue weighted by Gasteiger charge is -2.09. The van der Waals surface area contributed by atoms with Crippen molar-refractivity contribution < 1.29 is 19.1 Å². The van der Waals surface area contributed by atoms with E-state index in [9.17, 15) is 4.79 Å². The number of nitrogens with two attached hydrogens (primary N) is 1. The molecule has 0 aliphatic rings. The van der Waals surface area contributed by atoms with Crippen LogP contribution in [-0.4, -0.2) is 24.7 Å². The first-order valence-electron chi connectivity index (χ1n) is 6.13. The number of fused-ring (bicyclic) bond motifs is 1. The van der Waals surface area contributed by atoms with Crippen molar-refractivity contribution in [2.75, 3.05) is 13.7 Å². The standard InChI is InChI=1S/C14H17NO4/c1-18-11-3-4-12-10(6-11)7-13(19-12)9(8-15)2-5-14(16)17/h3-4,6-7,9H,2,5,8,15H2,1H3,(H,16,17). The second kappa shape index (κ2) is 5.75. The van der Waals surface area contributed by atoms with Gasteiger partial charge in [0.1, 0.15) is 17.1 Å². The highest BCUT2D eigenvalue weighted by Crippen LogP contribution is 2.29. The highest BCUT2D eigenvalue weighted by atomic mass is 16.5. The Labute approximate surface area is 111 Å². The third-order valence-corrected chi connectivity index (χ3v) is 3.14. The number of carboxylic acid groups (broad SMARTS) is 1. The van der Waals surface area contributed by atoms with Gasteiger partial charge >= 0.3 is 5.97 Å². The van der Waals surface area contributed by atoms with Gasteiger partial charge in [-0.25, -0.2) is 0 Å². The van der Waals surface area contributed by atoms with E-state index in [1.165, 1.54) is 0 Å². The zero-order chi connectivity index (χ0) is 13.8. The van der Waals surface area contributed by atoms with E-state index in [1.54, 1.807) is 7.11 Å². The van der Waals surface area contributed by atoms with Crippen molar-refractivity contribution in [3.05, 3.63) is 30.0 Å². The van der Waals surface area contributed by atoms with Crippen molar-refractivity contribution in [3.63, 3.8) is 0 Å². The Balaban J connectivity index is 2.25. The number of methoxy groups -OCH3 is 1. The number of aliphatic carboxylic acids is 1. The third kappa shape index (κ3) is 3.06. The quantitative estimate of drug-likeness (QED) is 0.835. The average molecular weight is 263 g/mol. The van der Waals surface area contributed by atoms with Crippen molar-refractivity contribution in [2.45, 2.75) is 18.8 Å². The van der Waals surface area contributed by atoms with Crippen LogP contribution in [0, 0.1) is 0 Å². The minimum atomic E-state index is -0.823. The van der Waals surface area contributed by atoms with E-state index in [0.717, 1.165) is 22.5 Å². The molecule has 1 aromatic carbocycles. The van der Waals surface area contributed by atoms with Gasteiger partial charge in [-0.1, -0.05) is 0 Å². The molecule has 0 spiro atoms. The summed E-state index contributed by atoms with van der Waals surface area (Å²) in [6.45, 7) is 0.365. The van der Waals surface area contributed by atoms with Crippen LogP contribution in [0.5, 0.6) is 5.75 Å². The molecular formula is C14H17NO4. The fraction of sp³-hybridized carbons (Fsp3) is 0.357. The van der Waals surface area contributed by atoms with E-state index in [1.807, 2.05) is 24.3 Å². The number of hydrogen-bond acceptors (Lipinski definition) is 4. The monoisotopic (exact) mass is 263 g/mol. The molecule has 0 bridgehead atoms. The molecular weight excluding hydrogens is 246 g/mol. The van der Waals surface area contributed by atoms with E-state index in [0.29, 0.717) is 13.0 Å². The van der Waals surface area contributed by atoms with Gasteiger partial charge in [0.2, 0.25) is 0 Å². The molecule has 5 nitrogen and oxygen atoms in total. The Morgan fingerprint density at radius 2 is 2.26 bits per heavy atom. The van der Waals surface area contributed by atoms with E-state index in [2.05, 4.69) is 0 Å². The molecule has 0 aliphatic carbocycles. The summed E-state index contributed by atoms with van der Waals surface area (Å²) in [6.07, 6.45) is 0.561. The normalized spacial score (nSPS) is 12.5. The number of carboxylic acids is 1. The molecule has 0 radical (unpaired) electrons. The minimum Gasteiger partial charge on any atom is -0.497 e. The predicted molar refractivity (Wildman–Crippen MR) is 71.4 cm³/mol. The van der Waals surface area contributed by atoms with E-state index in [4.69, 9.17) is 20.0 Å². The van der Waals surface area contributed by atoms with Crippen molar-refractivity contribution in [2.24, 2.45) is 5.73 Å². The number of hydrogen-bond donors (Lipinski definition) is 2. The van der Waals surface area contributed by atoms with Crippen molar-refractivity contribution >= 4 is 16.9 Å². The predicted octanol–water partition coefficient (Wildman–Crippen LogP) is 2.35. The molecule has 0 aliphatic heterocycles. The largest absolute Gasteiger partial charge is 0.497 e. The number of carbonyl (C=O) groups is 1. The molecule has 5 heteroatoms. The molecule has 1 unspecified atom stereocenters. The molecule has 0 saturated heterocycles. The maximum atomic E-state index is 10.6. The zero-order valence-corrected chi connectivity index (χ0v) is 10.8. The summed E-state index contributed by atoms with van der Waals surface area (Å²) in [4.78, 5) is 10.6. The summed E-state index contributed by atoms with van der Waals surface area (Å²) in [5.41, 5.74) is 6.45. The van der Waals surface area contributed by atoms with Crippen LogP contribution in [0.25, 0.3) is 11.0 Å². The first kappa shape index (κ1) is 13.4. The molecule has 0 amide bonds. The molecule has 0 fully saturated rings. The van der Waals surface area contributed by atoms with E-state index < -0.39 is 5.97 Å². The average Bonchev–Trinajstić information content (AvgIpc) is 2.81. The fourth-order valence-electron chi connectivity index (χ4n) is 2.04. The molecule has 19 heavy (non-hydrogen) atoms. The lowest BCUT2D eigenvalue weighted by Crippen LogP contribution is -2.13. The molecule has 1 atom stereocenters. The topological polar surface area (TPSA) is 85.7 Å². The molecule has 1 heterocycles. The van der Waals surface area contributed by atoms with Crippen molar-refractivity contribution in [3.8, 4) is 5.75 Å². The number of ether oxygens (including phenoxy) is 1. The second-order valence-electron chi connectivity index (χ2n) is 4.42. The first-order valence-corrected chi connectivity index (χ1v) is 6.13. The Morgan fingerprint density at radius 1 is 1.47 bits per heavy atom. The Morgan fingerprint density at radius 3 is 2.89 bits per heavy atom. The lowest BCUT2D eigenvalue weighted by molar-refractivity contribution is -0.137. The Kier molecular flexibility index (Phi) is 4.06. The van der Waals surface area contributed by atoms with E-state index in [-0.39, 0.29) is 12.3 Å². The van der Waals surface area contributed by atoms with Gasteiger partial charge < -0.3 is 20.0 Å². The molecule has 0 saturated carbocycles. The highest BCUT2D eigenvalue weighted by molar-refractivity contribution is 5.79. The smallest absolute Gasteiger partial charge is 0.303 e. The van der Waals surface area contributed by atoms with Gasteiger partial charge in [-0.15, -0.1) is 0 Å². The van der Waals surface area contributed by atoms with Crippen LogP contribution in [0.2, 0.25) is 0 Å². The minimum absolute atomic E-state index is 0.0745. The first-order chi connectivity index (χ1) is 9.13. The van der Waals surface area contributed by atoms with Crippen LogP contribution in [0.1, 0.15) is 24.5 Å². The van der Waals surface area contributed by atoms with Crippen LogP contribution in [0.4, 0.5) is 0 Å². The fourth-order valence-corrected chi connectivity index (χ4v) is 2.04. The summed E-state index contributed by atoms with van der Waals surface area (Å²) in [5, 5.41) is 9.66. The third-order valence-electron chi connectivity index (χ3n) is 3.14. The van der Waals surface area contributed by atoms with Crippen LogP contribution in [-0.2, 0) is 4.79 Å². The maximum Gasteiger partial charge on any atom is 0.303 e. The van der Waals surface area contributed by atoms with Gasteiger partial charge in [0.25, 0.3) is 0 Å². The number of rotatable bonds is 6. The SMILES string of the molecule is COc1ccc2oc(C(CN)CCC(=O)O)cc2c1. The number of benzene rings is 1. The molecule has 1 aromatic heterocycles. The van der Waals surface area contributed by atoms with Crippen molar-refractivity contribution in [1.82, 2.24) is 0 Å². The summed E-state index contributed by atoms with van der Waals surface area (Å²) in [6, 6.07) is 7.44. The zero-order valence-electron chi connectivity index (χ0n) is 10.8. The van der Waals surface area contributed by atoms with Gasteiger partial charge in [0.05, 0.1) is 7.11 Å². The maximum absolute atomic E-state index is 10.6. The van der Waals surface area contributed by atoms with Crippen LogP contribution in [0.3, 0.4) is 0 Å². The Bertz CT molecular complexity index is 576. The van der Waals surface area contributed by atoms with Crippen LogP contribution < -0.4 is 10.5 Å².